The predicted octanol–water partition coefficient (Wildman–Crippen LogP) is 2.10. The lowest BCUT2D eigenvalue weighted by Gasteiger charge is -2.13. The summed E-state index contributed by atoms with van der Waals surface area (Å²) in [7, 11) is -3.17. The van der Waals surface area contributed by atoms with Crippen LogP contribution in [-0.4, -0.2) is 33.3 Å². The van der Waals surface area contributed by atoms with E-state index in [4.69, 9.17) is 0 Å². The normalized spacial score (nSPS) is 13.6. The van der Waals surface area contributed by atoms with E-state index >= 15 is 0 Å². The van der Waals surface area contributed by atoms with E-state index in [0.29, 0.717) is 19.0 Å². The molecular formula is C15H26N2O2S. The maximum Gasteiger partial charge on any atom is 0.211 e. The molecule has 20 heavy (non-hydrogen) atoms. The summed E-state index contributed by atoms with van der Waals surface area (Å²) in [6.45, 7) is 7.30. The molecule has 5 heteroatoms. The molecule has 0 bridgehead atoms. The third-order valence-electron chi connectivity index (χ3n) is 3.12. The summed E-state index contributed by atoms with van der Waals surface area (Å²) in [6, 6.07) is 10.3. The second-order valence-corrected chi connectivity index (χ2v) is 7.37. The lowest BCUT2D eigenvalue weighted by molar-refractivity contribution is 0.557. The molecule has 1 atom stereocenters. The monoisotopic (exact) mass is 298 g/mol. The van der Waals surface area contributed by atoms with Crippen molar-refractivity contribution in [2.24, 2.45) is 0 Å². The van der Waals surface area contributed by atoms with Gasteiger partial charge in [-0.25, -0.2) is 13.1 Å². The van der Waals surface area contributed by atoms with Crippen LogP contribution in [-0.2, 0) is 10.0 Å². The third-order valence-corrected chi connectivity index (χ3v) is 4.55. The van der Waals surface area contributed by atoms with Crippen LogP contribution in [0.2, 0.25) is 0 Å². The molecule has 0 fully saturated rings. The summed E-state index contributed by atoms with van der Waals surface area (Å²) in [5.74, 6) is 0.355. The van der Waals surface area contributed by atoms with Crippen LogP contribution in [0, 0.1) is 0 Å². The van der Waals surface area contributed by atoms with Crippen molar-refractivity contribution in [1.29, 1.82) is 0 Å². The molecule has 0 aromatic heterocycles. The molecule has 1 rings (SSSR count). The van der Waals surface area contributed by atoms with E-state index < -0.39 is 10.0 Å². The Hall–Kier alpha value is -0.910. The van der Waals surface area contributed by atoms with Gasteiger partial charge in [-0.05, 0) is 24.4 Å². The van der Waals surface area contributed by atoms with Crippen molar-refractivity contribution < 1.29 is 8.42 Å². The van der Waals surface area contributed by atoms with Gasteiger partial charge in [0.2, 0.25) is 10.0 Å². The Balaban J connectivity index is 2.32. The first kappa shape index (κ1) is 17.1. The van der Waals surface area contributed by atoms with Gasteiger partial charge in [0.1, 0.15) is 0 Å². The van der Waals surface area contributed by atoms with Crippen LogP contribution in [0.1, 0.15) is 38.7 Å². The molecule has 0 saturated heterocycles. The van der Waals surface area contributed by atoms with Crippen LogP contribution in [0.5, 0.6) is 0 Å². The topological polar surface area (TPSA) is 58.2 Å². The SMILES string of the molecule is CC(C)NCCCS(=O)(=O)NCC(C)c1ccccc1. The highest BCUT2D eigenvalue weighted by Gasteiger charge is 2.12. The summed E-state index contributed by atoms with van der Waals surface area (Å²) in [5, 5.41) is 3.22. The van der Waals surface area contributed by atoms with Gasteiger partial charge in [-0.3, -0.25) is 0 Å². The highest BCUT2D eigenvalue weighted by atomic mass is 32.2. The van der Waals surface area contributed by atoms with E-state index in [1.807, 2.05) is 51.1 Å². The molecule has 0 aliphatic heterocycles. The molecule has 0 saturated carbocycles. The Morgan fingerprint density at radius 3 is 2.35 bits per heavy atom. The lowest BCUT2D eigenvalue weighted by atomic mass is 10.0. The van der Waals surface area contributed by atoms with Gasteiger partial charge in [0, 0.05) is 12.6 Å². The van der Waals surface area contributed by atoms with Crippen LogP contribution in [0.3, 0.4) is 0 Å². The van der Waals surface area contributed by atoms with Crippen LogP contribution in [0.25, 0.3) is 0 Å². The first-order chi connectivity index (χ1) is 9.41. The minimum atomic E-state index is -3.17. The van der Waals surface area contributed by atoms with E-state index in [1.54, 1.807) is 0 Å². The number of benzene rings is 1. The minimum absolute atomic E-state index is 0.175. The number of sulfonamides is 1. The number of rotatable bonds is 9. The first-order valence-electron chi connectivity index (χ1n) is 7.16. The van der Waals surface area contributed by atoms with Crippen molar-refractivity contribution in [1.82, 2.24) is 10.0 Å². The zero-order valence-corrected chi connectivity index (χ0v) is 13.4. The average Bonchev–Trinajstić information content (AvgIpc) is 2.42. The molecule has 0 heterocycles. The highest BCUT2D eigenvalue weighted by molar-refractivity contribution is 7.89. The van der Waals surface area contributed by atoms with Crippen LogP contribution in [0.4, 0.5) is 0 Å². The van der Waals surface area contributed by atoms with Crippen molar-refractivity contribution in [2.45, 2.75) is 39.2 Å². The second-order valence-electron chi connectivity index (χ2n) is 5.44. The van der Waals surface area contributed by atoms with E-state index in [-0.39, 0.29) is 11.7 Å². The van der Waals surface area contributed by atoms with Crippen LogP contribution in [0.15, 0.2) is 30.3 Å². The Labute approximate surface area is 123 Å². The Morgan fingerprint density at radius 2 is 1.75 bits per heavy atom. The van der Waals surface area contributed by atoms with Crippen molar-refractivity contribution in [3.63, 3.8) is 0 Å². The van der Waals surface area contributed by atoms with Crippen LogP contribution < -0.4 is 10.0 Å². The molecule has 0 aliphatic carbocycles. The quantitative estimate of drug-likeness (QED) is 0.686. The molecule has 114 valence electrons. The van der Waals surface area contributed by atoms with E-state index in [9.17, 15) is 8.42 Å². The lowest BCUT2D eigenvalue weighted by Crippen LogP contribution is -2.32. The Bertz CT molecular complexity index is 472. The van der Waals surface area contributed by atoms with Gasteiger partial charge < -0.3 is 5.32 Å². The molecule has 1 aromatic rings. The maximum absolute atomic E-state index is 11.9. The van der Waals surface area contributed by atoms with Crippen molar-refractivity contribution in [3.05, 3.63) is 35.9 Å². The van der Waals surface area contributed by atoms with Gasteiger partial charge in [-0.15, -0.1) is 0 Å². The molecule has 1 aromatic carbocycles. The Morgan fingerprint density at radius 1 is 1.10 bits per heavy atom. The summed E-state index contributed by atoms with van der Waals surface area (Å²) in [6.07, 6.45) is 0.632. The highest BCUT2D eigenvalue weighted by Crippen LogP contribution is 2.13. The van der Waals surface area contributed by atoms with Crippen molar-refractivity contribution in [3.8, 4) is 0 Å². The summed E-state index contributed by atoms with van der Waals surface area (Å²) in [4.78, 5) is 0. The van der Waals surface area contributed by atoms with E-state index in [0.717, 1.165) is 12.1 Å². The third kappa shape index (κ3) is 7.03. The average molecular weight is 298 g/mol. The van der Waals surface area contributed by atoms with E-state index in [1.165, 1.54) is 0 Å². The summed E-state index contributed by atoms with van der Waals surface area (Å²) >= 11 is 0. The molecule has 0 amide bonds. The van der Waals surface area contributed by atoms with Gasteiger partial charge in [-0.2, -0.15) is 0 Å². The fraction of sp³-hybridized carbons (Fsp3) is 0.600. The van der Waals surface area contributed by atoms with Gasteiger partial charge in [0.25, 0.3) is 0 Å². The fourth-order valence-corrected chi connectivity index (χ4v) is 3.05. The standard InChI is InChI=1S/C15H26N2O2S/c1-13(2)16-10-7-11-20(18,19)17-12-14(3)15-8-5-4-6-9-15/h4-6,8-9,13-14,16-17H,7,10-12H2,1-3H3. The van der Waals surface area contributed by atoms with Gasteiger partial charge >= 0.3 is 0 Å². The van der Waals surface area contributed by atoms with Crippen molar-refractivity contribution >= 4 is 10.0 Å². The maximum atomic E-state index is 11.9. The number of hydrogen-bond acceptors (Lipinski definition) is 3. The van der Waals surface area contributed by atoms with Crippen molar-refractivity contribution in [2.75, 3.05) is 18.8 Å². The second kappa shape index (κ2) is 8.39. The molecule has 0 radical (unpaired) electrons. The molecule has 1 unspecified atom stereocenters. The van der Waals surface area contributed by atoms with Crippen LogP contribution >= 0.6 is 0 Å². The van der Waals surface area contributed by atoms with Gasteiger partial charge in [-0.1, -0.05) is 51.1 Å². The first-order valence-corrected chi connectivity index (χ1v) is 8.81. The zero-order chi connectivity index (χ0) is 15.0. The molecule has 2 N–H and O–H groups in total. The number of nitrogens with one attached hydrogen (secondary N) is 2. The van der Waals surface area contributed by atoms with Gasteiger partial charge in [0.05, 0.1) is 5.75 Å². The van der Waals surface area contributed by atoms with Gasteiger partial charge in [0.15, 0.2) is 0 Å². The fourth-order valence-electron chi connectivity index (χ4n) is 1.88. The zero-order valence-electron chi connectivity index (χ0n) is 12.6. The predicted molar refractivity (Wildman–Crippen MR) is 84.4 cm³/mol. The number of hydrogen-bond donors (Lipinski definition) is 2. The van der Waals surface area contributed by atoms with E-state index in [2.05, 4.69) is 10.0 Å². The smallest absolute Gasteiger partial charge is 0.211 e. The summed E-state index contributed by atoms with van der Waals surface area (Å²) < 4.78 is 26.4. The Kier molecular flexibility index (Phi) is 7.19. The minimum Gasteiger partial charge on any atom is -0.314 e. The molecule has 0 spiro atoms. The summed E-state index contributed by atoms with van der Waals surface area (Å²) in [5.41, 5.74) is 1.15. The molecule has 4 nitrogen and oxygen atoms in total. The largest absolute Gasteiger partial charge is 0.314 e. The molecule has 0 aliphatic rings. The molecular weight excluding hydrogens is 272 g/mol.